The monoisotopic (exact) mass is 306 g/mol. The van der Waals surface area contributed by atoms with E-state index >= 15 is 0 Å². The summed E-state index contributed by atoms with van der Waals surface area (Å²) < 4.78 is 15.3. The first-order valence-electron chi connectivity index (χ1n) is 6.83. The van der Waals surface area contributed by atoms with E-state index in [0.29, 0.717) is 6.61 Å². The van der Waals surface area contributed by atoms with Crippen LogP contribution < -0.4 is 0 Å². The molecule has 0 saturated carbocycles. The molecule has 0 aliphatic carbocycles. The summed E-state index contributed by atoms with van der Waals surface area (Å²) in [6.45, 7) is 1.38. The molecule has 0 fully saturated rings. The van der Waals surface area contributed by atoms with E-state index in [2.05, 4.69) is 0 Å². The van der Waals surface area contributed by atoms with Crippen LogP contribution >= 0.6 is 0 Å². The van der Waals surface area contributed by atoms with Crippen LogP contribution in [-0.2, 0) is 19.0 Å². The summed E-state index contributed by atoms with van der Waals surface area (Å²) in [6.07, 6.45) is -1.52. The summed E-state index contributed by atoms with van der Waals surface area (Å²) in [5, 5.41) is 37.1. The summed E-state index contributed by atoms with van der Waals surface area (Å²) in [6, 6.07) is 0. The highest BCUT2D eigenvalue weighted by atomic mass is 16.6. The molecule has 3 atom stereocenters. The molecule has 0 radical (unpaired) electrons. The van der Waals surface area contributed by atoms with Gasteiger partial charge in [-0.15, -0.1) is 0 Å². The fourth-order valence-electron chi connectivity index (χ4n) is 1.69. The number of unbranched alkanes of at least 4 members (excludes halogenated alkanes) is 1. The minimum Gasteiger partial charge on any atom is -0.499 e. The third-order valence-electron chi connectivity index (χ3n) is 2.94. The van der Waals surface area contributed by atoms with Gasteiger partial charge in [-0.2, -0.15) is 0 Å². The van der Waals surface area contributed by atoms with Gasteiger partial charge >= 0.3 is 5.97 Å². The van der Waals surface area contributed by atoms with Crippen LogP contribution in [0.2, 0.25) is 0 Å². The highest BCUT2D eigenvalue weighted by Gasteiger charge is 2.40. The summed E-state index contributed by atoms with van der Waals surface area (Å²) in [4.78, 5) is 11.3. The molecule has 0 spiro atoms. The van der Waals surface area contributed by atoms with Gasteiger partial charge in [0.05, 0.1) is 13.2 Å². The van der Waals surface area contributed by atoms with Gasteiger partial charge in [-0.25, -0.2) is 4.79 Å². The van der Waals surface area contributed by atoms with E-state index in [4.69, 9.17) is 24.4 Å². The molecule has 8 heteroatoms. The Balaban J connectivity index is 2.59. The smallest absolute Gasteiger partial charge is 0.378 e. The maximum absolute atomic E-state index is 11.3. The predicted octanol–water partition coefficient (Wildman–Crippen LogP) is -0.771. The Labute approximate surface area is 122 Å². The normalized spacial score (nSPS) is 21.3. The third-order valence-corrected chi connectivity index (χ3v) is 2.94. The topological polar surface area (TPSA) is 126 Å². The second kappa shape index (κ2) is 8.83. The van der Waals surface area contributed by atoms with Crippen LogP contribution in [0, 0.1) is 0 Å². The molecule has 1 aliphatic heterocycles. The quantitative estimate of drug-likeness (QED) is 0.306. The number of aliphatic hydroxyl groups excluding tert-OH is 4. The van der Waals surface area contributed by atoms with Gasteiger partial charge in [0.2, 0.25) is 5.76 Å². The Kier molecular flexibility index (Phi) is 7.44. The van der Waals surface area contributed by atoms with Crippen LogP contribution in [0.3, 0.4) is 0 Å². The lowest BCUT2D eigenvalue weighted by atomic mass is 10.2. The first-order valence-corrected chi connectivity index (χ1v) is 6.83. The number of rotatable bonds is 10. The largest absolute Gasteiger partial charge is 0.499 e. The second-order valence-electron chi connectivity index (χ2n) is 4.63. The Morgan fingerprint density at radius 3 is 2.62 bits per heavy atom. The first kappa shape index (κ1) is 17.7. The molecule has 1 unspecified atom stereocenters. The maximum atomic E-state index is 11.3. The first-order chi connectivity index (χ1) is 10.0. The maximum Gasteiger partial charge on any atom is 0.378 e. The average molecular weight is 306 g/mol. The third kappa shape index (κ3) is 4.85. The van der Waals surface area contributed by atoms with Crippen molar-refractivity contribution in [1.82, 2.24) is 0 Å². The molecule has 0 bridgehead atoms. The predicted molar refractivity (Wildman–Crippen MR) is 70.3 cm³/mol. The van der Waals surface area contributed by atoms with Crippen LogP contribution in [-0.4, -0.2) is 71.1 Å². The second-order valence-corrected chi connectivity index (χ2v) is 4.63. The molecule has 0 amide bonds. The number of hydrogen-bond donors (Lipinski definition) is 4. The Morgan fingerprint density at radius 2 is 2.05 bits per heavy atom. The van der Waals surface area contributed by atoms with Gasteiger partial charge in [0.1, 0.15) is 18.8 Å². The van der Waals surface area contributed by atoms with Crippen molar-refractivity contribution in [3.8, 4) is 0 Å². The lowest BCUT2D eigenvalue weighted by Gasteiger charge is -2.21. The van der Waals surface area contributed by atoms with Crippen LogP contribution in [0.5, 0.6) is 0 Å². The van der Waals surface area contributed by atoms with Gasteiger partial charge in [-0.3, -0.25) is 0 Å². The van der Waals surface area contributed by atoms with Crippen LogP contribution in [0.25, 0.3) is 0 Å². The molecule has 8 nitrogen and oxygen atoms in total. The fourth-order valence-corrected chi connectivity index (χ4v) is 1.69. The minimum atomic E-state index is -1.40. The molecular weight excluding hydrogens is 284 g/mol. The van der Waals surface area contributed by atoms with Crippen molar-refractivity contribution in [3.63, 3.8) is 0 Å². The Bertz CT molecular complexity index is 367. The molecule has 0 saturated heterocycles. The Hall–Kier alpha value is -1.35. The molecule has 0 aromatic heterocycles. The zero-order valence-corrected chi connectivity index (χ0v) is 11.9. The van der Waals surface area contributed by atoms with Crippen molar-refractivity contribution < 1.29 is 39.4 Å². The summed E-state index contributed by atoms with van der Waals surface area (Å²) in [7, 11) is 0. The van der Waals surface area contributed by atoms with Crippen LogP contribution in [0.1, 0.15) is 19.8 Å². The standard InChI is InChI=1S/C13H22O8/c1-2-3-4-19-8(5-14)7-20-12-10(17)13(18)21-11(12)9(16)6-15/h8-9,11,14-17H,2-7H2,1H3/t8?,9-,11+/m0/s1. The number of cyclic esters (lactones) is 1. The number of aliphatic hydroxyl groups is 4. The van der Waals surface area contributed by atoms with E-state index in [-0.39, 0.29) is 19.0 Å². The molecule has 21 heavy (non-hydrogen) atoms. The van der Waals surface area contributed by atoms with Crippen molar-refractivity contribution in [2.45, 2.75) is 38.1 Å². The van der Waals surface area contributed by atoms with Gasteiger partial charge in [0, 0.05) is 6.61 Å². The number of carbonyl (C=O) groups is 1. The Morgan fingerprint density at radius 1 is 1.33 bits per heavy atom. The summed E-state index contributed by atoms with van der Waals surface area (Å²) >= 11 is 0. The molecular formula is C13H22O8. The van der Waals surface area contributed by atoms with Crippen LogP contribution in [0.4, 0.5) is 0 Å². The average Bonchev–Trinajstić information content (AvgIpc) is 2.77. The van der Waals surface area contributed by atoms with E-state index in [0.717, 1.165) is 12.8 Å². The highest BCUT2D eigenvalue weighted by molar-refractivity contribution is 5.89. The molecule has 1 rings (SSSR count). The van der Waals surface area contributed by atoms with Crippen molar-refractivity contribution >= 4 is 5.97 Å². The fraction of sp³-hybridized carbons (Fsp3) is 0.769. The summed E-state index contributed by atoms with van der Waals surface area (Å²) in [5.41, 5.74) is 0. The zero-order valence-electron chi connectivity index (χ0n) is 11.9. The highest BCUT2D eigenvalue weighted by Crippen LogP contribution is 2.25. The van der Waals surface area contributed by atoms with Crippen molar-refractivity contribution in [1.29, 1.82) is 0 Å². The molecule has 0 aromatic carbocycles. The van der Waals surface area contributed by atoms with Crippen molar-refractivity contribution in [2.75, 3.05) is 26.4 Å². The van der Waals surface area contributed by atoms with Gasteiger partial charge in [0.25, 0.3) is 0 Å². The van der Waals surface area contributed by atoms with E-state index < -0.39 is 36.6 Å². The van der Waals surface area contributed by atoms with Gasteiger partial charge < -0.3 is 34.6 Å². The number of carbonyl (C=O) groups excluding carboxylic acids is 1. The van der Waals surface area contributed by atoms with E-state index in [1.807, 2.05) is 6.92 Å². The SMILES string of the molecule is CCCCOC(CO)COC1=C(O)C(=O)O[C@@H]1[C@@H](O)CO. The van der Waals surface area contributed by atoms with Gasteiger partial charge in [-0.05, 0) is 6.42 Å². The molecule has 4 N–H and O–H groups in total. The van der Waals surface area contributed by atoms with Gasteiger partial charge in [-0.1, -0.05) is 13.3 Å². The molecule has 1 heterocycles. The zero-order chi connectivity index (χ0) is 15.8. The van der Waals surface area contributed by atoms with E-state index in [1.54, 1.807) is 0 Å². The molecule has 0 aromatic rings. The summed E-state index contributed by atoms with van der Waals surface area (Å²) in [5.74, 6) is -2.05. The number of ether oxygens (including phenoxy) is 3. The van der Waals surface area contributed by atoms with Crippen molar-refractivity contribution in [2.24, 2.45) is 0 Å². The minimum absolute atomic E-state index is 0.120. The van der Waals surface area contributed by atoms with Crippen molar-refractivity contribution in [3.05, 3.63) is 11.5 Å². The lowest BCUT2D eigenvalue weighted by Crippen LogP contribution is -2.34. The van der Waals surface area contributed by atoms with Gasteiger partial charge in [0.15, 0.2) is 11.9 Å². The lowest BCUT2D eigenvalue weighted by molar-refractivity contribution is -0.148. The number of hydrogen-bond acceptors (Lipinski definition) is 8. The molecule has 122 valence electrons. The van der Waals surface area contributed by atoms with E-state index in [1.165, 1.54) is 0 Å². The molecule has 1 aliphatic rings. The number of esters is 1. The van der Waals surface area contributed by atoms with E-state index in [9.17, 15) is 15.0 Å². The van der Waals surface area contributed by atoms with Crippen LogP contribution in [0.15, 0.2) is 11.5 Å².